The van der Waals surface area contributed by atoms with E-state index in [2.05, 4.69) is 46.0 Å². The highest BCUT2D eigenvalue weighted by molar-refractivity contribution is 7.89. The van der Waals surface area contributed by atoms with E-state index in [4.69, 9.17) is 23.2 Å². The maximum Gasteiger partial charge on any atom is 0.345 e. The molecule has 1 atom stereocenters. The Balaban J connectivity index is 1.06. The van der Waals surface area contributed by atoms with Gasteiger partial charge in [0.2, 0.25) is 0 Å². The van der Waals surface area contributed by atoms with E-state index in [1.165, 1.54) is 6.07 Å². The first-order chi connectivity index (χ1) is 20.7. The van der Waals surface area contributed by atoms with Gasteiger partial charge in [-0.1, -0.05) is 36.2 Å². The van der Waals surface area contributed by atoms with Crippen molar-refractivity contribution in [1.82, 2.24) is 19.5 Å². The minimum absolute atomic E-state index is 0.114. The molecule has 0 amide bonds. The Kier molecular flexibility index (Phi) is 9.11. The fraction of sp³-hybridized carbons (Fsp3) is 0.552. The largest absolute Gasteiger partial charge is 0.353 e. The van der Waals surface area contributed by atoms with Gasteiger partial charge in [-0.15, -0.1) is 4.40 Å². The van der Waals surface area contributed by atoms with E-state index in [0.717, 1.165) is 71.2 Å². The quantitative estimate of drug-likeness (QED) is 0.447. The Morgan fingerprint density at radius 3 is 2.58 bits per heavy atom. The van der Waals surface area contributed by atoms with Crippen molar-refractivity contribution in [3.05, 3.63) is 51.9 Å². The minimum Gasteiger partial charge on any atom is -0.353 e. The molecule has 0 radical (unpaired) electrons. The number of rotatable bonds is 7. The summed E-state index contributed by atoms with van der Waals surface area (Å²) < 4.78 is 44.7. The van der Waals surface area contributed by atoms with Gasteiger partial charge in [-0.2, -0.15) is 8.42 Å². The smallest absolute Gasteiger partial charge is 0.345 e. The van der Waals surface area contributed by atoms with Crippen LogP contribution in [0.4, 0.5) is 15.9 Å². The van der Waals surface area contributed by atoms with Gasteiger partial charge in [-0.25, -0.2) is 14.1 Å². The highest BCUT2D eigenvalue weighted by Crippen LogP contribution is 2.31. The zero-order valence-corrected chi connectivity index (χ0v) is 26.5. The number of piperazine rings is 1. The SMILES string of the molecule is CC[C@H]1CN(c2ncc(NC3=NS(=O)(=O)NC3=NC3CCC3)cc2Cl)CCN1C1CCN(Cc2ccc(Cl)cc2F)CC1. The normalized spacial score (nSPS) is 24.6. The van der Waals surface area contributed by atoms with Gasteiger partial charge in [0.25, 0.3) is 0 Å². The fourth-order valence-electron chi connectivity index (χ4n) is 6.30. The highest BCUT2D eigenvalue weighted by atomic mass is 35.5. The summed E-state index contributed by atoms with van der Waals surface area (Å²) in [6.07, 6.45) is 7.73. The van der Waals surface area contributed by atoms with Crippen LogP contribution in [0.5, 0.6) is 0 Å². The van der Waals surface area contributed by atoms with Crippen molar-refractivity contribution in [3.8, 4) is 0 Å². The molecule has 10 nitrogen and oxygen atoms in total. The number of anilines is 2. The lowest BCUT2D eigenvalue weighted by molar-refractivity contribution is 0.0607. The second kappa shape index (κ2) is 12.8. The van der Waals surface area contributed by atoms with E-state index in [-0.39, 0.29) is 23.5 Å². The molecule has 14 heteroatoms. The Morgan fingerprint density at radius 2 is 1.91 bits per heavy atom. The molecular formula is C29H37Cl2FN8O2S. The average Bonchev–Trinajstić information content (AvgIpc) is 3.25. The maximum absolute atomic E-state index is 14.3. The van der Waals surface area contributed by atoms with Gasteiger partial charge in [0.05, 0.1) is 22.9 Å². The number of pyridine rings is 1. The van der Waals surface area contributed by atoms with Crippen LogP contribution in [-0.2, 0) is 16.8 Å². The minimum atomic E-state index is -3.82. The van der Waals surface area contributed by atoms with E-state index in [1.807, 2.05) is 0 Å². The lowest BCUT2D eigenvalue weighted by Gasteiger charge is -2.47. The van der Waals surface area contributed by atoms with Crippen LogP contribution in [0, 0.1) is 5.82 Å². The number of hydrogen-bond donors (Lipinski definition) is 2. The molecule has 2 saturated heterocycles. The predicted molar refractivity (Wildman–Crippen MR) is 170 cm³/mol. The standard InChI is InChI=1S/C29H37Cl2FN8O2S/c1-2-23-18-39(12-13-40(23)24-8-10-38(11-9-24)17-19-6-7-20(30)14-26(19)32)29-25(31)15-22(16-33-29)35-28-27(34-21-4-3-5-21)36-43(41,42)37-28/h6-7,14-16,21,23-24H,2-5,8-13,17-18H2,1H3,(H,34,36)(H,35,37)/t23-/m0/s1. The van der Waals surface area contributed by atoms with E-state index in [0.29, 0.717) is 45.7 Å². The molecule has 2 aromatic rings. The third-order valence-corrected chi connectivity index (χ3v) is 10.3. The van der Waals surface area contributed by atoms with E-state index in [1.54, 1.807) is 24.4 Å². The summed E-state index contributed by atoms with van der Waals surface area (Å²) in [7, 11) is -3.82. The monoisotopic (exact) mass is 650 g/mol. The lowest BCUT2D eigenvalue weighted by atomic mass is 9.94. The van der Waals surface area contributed by atoms with Crippen molar-refractivity contribution < 1.29 is 12.8 Å². The number of nitrogens with zero attached hydrogens (tertiary/aromatic N) is 6. The van der Waals surface area contributed by atoms with E-state index < -0.39 is 10.2 Å². The molecule has 1 aliphatic carbocycles. The summed E-state index contributed by atoms with van der Waals surface area (Å²) in [4.78, 5) is 16.4. The molecule has 3 fully saturated rings. The number of likely N-dealkylation sites (tertiary alicyclic amines) is 1. The first kappa shape index (κ1) is 30.5. The molecule has 43 heavy (non-hydrogen) atoms. The van der Waals surface area contributed by atoms with Gasteiger partial charge in [-0.05, 0) is 69.8 Å². The summed E-state index contributed by atoms with van der Waals surface area (Å²) in [6.45, 7) is 7.21. The number of halogens is 3. The van der Waals surface area contributed by atoms with E-state index >= 15 is 0 Å². The molecule has 6 rings (SSSR count). The van der Waals surface area contributed by atoms with Crippen LogP contribution in [0.15, 0.2) is 39.9 Å². The zero-order valence-electron chi connectivity index (χ0n) is 24.1. The van der Waals surface area contributed by atoms with Gasteiger partial charge >= 0.3 is 10.2 Å². The molecule has 1 aromatic heterocycles. The second-order valence-electron chi connectivity index (χ2n) is 11.7. The summed E-state index contributed by atoms with van der Waals surface area (Å²) in [6, 6.07) is 7.64. The highest BCUT2D eigenvalue weighted by Gasteiger charge is 2.34. The third kappa shape index (κ3) is 7.09. The molecule has 4 aliphatic rings. The van der Waals surface area contributed by atoms with Crippen molar-refractivity contribution in [2.45, 2.75) is 70.1 Å². The first-order valence-electron chi connectivity index (χ1n) is 15.0. The number of amidine groups is 2. The summed E-state index contributed by atoms with van der Waals surface area (Å²) in [5.74, 6) is 0.858. The average molecular weight is 652 g/mol. The third-order valence-electron chi connectivity index (χ3n) is 8.87. The molecule has 232 valence electrons. The Bertz CT molecular complexity index is 1510. The van der Waals surface area contributed by atoms with Gasteiger partial charge in [0.1, 0.15) is 11.6 Å². The van der Waals surface area contributed by atoms with Crippen LogP contribution in [0.25, 0.3) is 0 Å². The van der Waals surface area contributed by atoms with Crippen molar-refractivity contribution in [1.29, 1.82) is 0 Å². The van der Waals surface area contributed by atoms with E-state index in [9.17, 15) is 12.8 Å². The summed E-state index contributed by atoms with van der Waals surface area (Å²) >= 11 is 12.6. The summed E-state index contributed by atoms with van der Waals surface area (Å²) in [5.41, 5.74) is 1.23. The van der Waals surface area contributed by atoms with Crippen LogP contribution >= 0.6 is 23.2 Å². The topological polar surface area (TPSA) is 106 Å². The summed E-state index contributed by atoms with van der Waals surface area (Å²) in [5, 5.41) is 3.95. The van der Waals surface area contributed by atoms with Crippen LogP contribution in [0.3, 0.4) is 0 Å². The number of benzene rings is 1. The van der Waals surface area contributed by atoms with Gasteiger partial charge in [0.15, 0.2) is 11.7 Å². The molecule has 1 aromatic carbocycles. The number of piperidine rings is 1. The molecule has 0 spiro atoms. The Hall–Kier alpha value is -2.51. The molecule has 2 N–H and O–H groups in total. The first-order valence-corrected chi connectivity index (χ1v) is 17.2. The molecule has 4 heterocycles. The number of aromatic nitrogens is 1. The Labute approximate surface area is 262 Å². The van der Waals surface area contributed by atoms with Gasteiger partial charge in [0, 0.05) is 48.8 Å². The van der Waals surface area contributed by atoms with Crippen molar-refractivity contribution in [2.24, 2.45) is 9.39 Å². The van der Waals surface area contributed by atoms with Crippen LogP contribution in [0.1, 0.15) is 51.0 Å². The number of aliphatic imine (C=N–C) groups is 1. The van der Waals surface area contributed by atoms with Crippen LogP contribution < -0.4 is 14.9 Å². The number of hydrogen-bond acceptors (Lipinski definition) is 8. The maximum atomic E-state index is 14.3. The van der Waals surface area contributed by atoms with Gasteiger partial charge in [-0.3, -0.25) is 14.8 Å². The molecule has 3 aliphatic heterocycles. The molecule has 0 unspecified atom stereocenters. The van der Waals surface area contributed by atoms with Crippen LogP contribution in [-0.4, -0.2) is 85.7 Å². The number of nitrogens with one attached hydrogen (secondary N) is 2. The fourth-order valence-corrected chi connectivity index (χ4v) is 7.56. The molecular weight excluding hydrogens is 614 g/mol. The van der Waals surface area contributed by atoms with Crippen molar-refractivity contribution in [2.75, 3.05) is 42.9 Å². The van der Waals surface area contributed by atoms with Gasteiger partial charge < -0.3 is 10.2 Å². The predicted octanol–water partition coefficient (Wildman–Crippen LogP) is 4.70. The zero-order chi connectivity index (χ0) is 30.1. The second-order valence-corrected chi connectivity index (χ2v) is 13.9. The lowest BCUT2D eigenvalue weighted by Crippen LogP contribution is -2.58. The Morgan fingerprint density at radius 1 is 1.12 bits per heavy atom. The van der Waals surface area contributed by atoms with Crippen LogP contribution in [0.2, 0.25) is 10.0 Å². The van der Waals surface area contributed by atoms with Crippen molar-refractivity contribution in [3.63, 3.8) is 0 Å². The molecule has 0 bridgehead atoms. The van der Waals surface area contributed by atoms with Crippen molar-refractivity contribution >= 4 is 56.6 Å². The molecule has 1 saturated carbocycles.